The molecule has 0 spiro atoms. The maximum Gasteiger partial charge on any atom is 0.204 e. The van der Waals surface area contributed by atoms with Crippen LogP contribution in [-0.2, 0) is 0 Å². The Labute approximate surface area is 146 Å². The maximum atomic E-state index is 13.8. The number of anilines is 2. The lowest BCUT2D eigenvalue weighted by Gasteiger charge is -2.10. The Kier molecular flexibility index (Phi) is 3.51. The largest absolute Gasteiger partial charge is 0.337 e. The summed E-state index contributed by atoms with van der Waals surface area (Å²) in [6, 6.07) is 8.24. The van der Waals surface area contributed by atoms with Gasteiger partial charge in [0.1, 0.15) is 12.1 Å². The average molecular weight is 362 g/mol. The van der Waals surface area contributed by atoms with E-state index in [1.54, 1.807) is 41.9 Å². The van der Waals surface area contributed by atoms with E-state index in [2.05, 4.69) is 20.5 Å². The number of halogens is 3. The van der Waals surface area contributed by atoms with E-state index >= 15 is 0 Å². The number of rotatable bonds is 2. The molecule has 0 saturated heterocycles. The van der Waals surface area contributed by atoms with Crippen LogP contribution < -0.4 is 5.32 Å². The Morgan fingerprint density at radius 1 is 1.12 bits per heavy atom. The van der Waals surface area contributed by atoms with Gasteiger partial charge in [0.15, 0.2) is 5.82 Å². The van der Waals surface area contributed by atoms with Crippen molar-refractivity contribution in [2.24, 2.45) is 0 Å². The van der Waals surface area contributed by atoms with Crippen molar-refractivity contribution in [1.29, 1.82) is 0 Å². The summed E-state index contributed by atoms with van der Waals surface area (Å²) < 4.78 is 15.5. The molecular weight excluding hydrogens is 352 g/mol. The molecule has 4 aromatic rings. The predicted octanol–water partition coefficient (Wildman–Crippen LogP) is 4.78. The third-order valence-electron chi connectivity index (χ3n) is 3.70. The number of hydrogen-bond donors (Lipinski definition) is 1. The van der Waals surface area contributed by atoms with Crippen molar-refractivity contribution in [2.75, 3.05) is 5.32 Å². The lowest BCUT2D eigenvalue weighted by Crippen LogP contribution is -2.00. The highest BCUT2D eigenvalue weighted by Crippen LogP contribution is 2.30. The Bertz CT molecular complexity index is 1090. The first kappa shape index (κ1) is 15.1. The van der Waals surface area contributed by atoms with Gasteiger partial charge in [0, 0.05) is 5.69 Å². The van der Waals surface area contributed by atoms with Gasteiger partial charge in [-0.05, 0) is 36.8 Å². The van der Waals surface area contributed by atoms with Gasteiger partial charge in [-0.2, -0.15) is 0 Å². The van der Waals surface area contributed by atoms with Crippen molar-refractivity contribution in [2.45, 2.75) is 6.92 Å². The Morgan fingerprint density at radius 2 is 1.92 bits per heavy atom. The number of aromatic nitrogens is 4. The minimum Gasteiger partial charge on any atom is -0.337 e. The zero-order valence-electron chi connectivity index (χ0n) is 12.4. The zero-order chi connectivity index (χ0) is 16.8. The SMILES string of the molecule is Cc1ccc(Nc2nc3cc(Cl)c(Cl)cc3n3cnnc23)cc1F. The van der Waals surface area contributed by atoms with Gasteiger partial charge in [0.2, 0.25) is 5.65 Å². The molecule has 0 fully saturated rings. The van der Waals surface area contributed by atoms with E-state index in [1.807, 2.05) is 0 Å². The first-order valence-electron chi connectivity index (χ1n) is 7.04. The molecule has 24 heavy (non-hydrogen) atoms. The summed E-state index contributed by atoms with van der Waals surface area (Å²) in [4.78, 5) is 4.52. The molecule has 0 aliphatic carbocycles. The highest BCUT2D eigenvalue weighted by atomic mass is 35.5. The molecule has 0 aliphatic rings. The molecule has 0 atom stereocenters. The van der Waals surface area contributed by atoms with Crippen LogP contribution in [0.4, 0.5) is 15.9 Å². The second-order valence-corrected chi connectivity index (χ2v) is 6.14. The molecule has 0 saturated carbocycles. The zero-order valence-corrected chi connectivity index (χ0v) is 13.9. The fourth-order valence-corrected chi connectivity index (χ4v) is 2.76. The van der Waals surface area contributed by atoms with Crippen molar-refractivity contribution in [3.63, 3.8) is 0 Å². The molecule has 0 bridgehead atoms. The molecular formula is C16H10Cl2FN5. The third-order valence-corrected chi connectivity index (χ3v) is 4.43. The first-order valence-corrected chi connectivity index (χ1v) is 7.80. The number of nitrogens with one attached hydrogen (secondary N) is 1. The number of hydrogen-bond acceptors (Lipinski definition) is 4. The fraction of sp³-hybridized carbons (Fsp3) is 0.0625. The van der Waals surface area contributed by atoms with Crippen molar-refractivity contribution in [3.8, 4) is 0 Å². The second kappa shape index (κ2) is 5.58. The fourth-order valence-electron chi connectivity index (χ4n) is 2.44. The smallest absolute Gasteiger partial charge is 0.204 e. The van der Waals surface area contributed by atoms with Crippen LogP contribution in [0, 0.1) is 12.7 Å². The lowest BCUT2D eigenvalue weighted by molar-refractivity contribution is 0.619. The summed E-state index contributed by atoms with van der Waals surface area (Å²) in [5.74, 6) is 0.148. The van der Waals surface area contributed by atoms with Crippen LogP contribution in [0.1, 0.15) is 5.56 Å². The highest BCUT2D eigenvalue weighted by Gasteiger charge is 2.13. The maximum absolute atomic E-state index is 13.8. The van der Waals surface area contributed by atoms with Crippen LogP contribution in [0.15, 0.2) is 36.7 Å². The number of fused-ring (bicyclic) bond motifs is 3. The van der Waals surface area contributed by atoms with Crippen molar-refractivity contribution >= 4 is 51.4 Å². The van der Waals surface area contributed by atoms with Gasteiger partial charge in [-0.25, -0.2) is 9.37 Å². The van der Waals surface area contributed by atoms with E-state index in [1.165, 1.54) is 6.07 Å². The van der Waals surface area contributed by atoms with Crippen LogP contribution in [0.5, 0.6) is 0 Å². The summed E-state index contributed by atoms with van der Waals surface area (Å²) in [6.07, 6.45) is 1.56. The Balaban J connectivity index is 1.91. The molecule has 0 aliphatic heterocycles. The average Bonchev–Trinajstić information content (AvgIpc) is 3.03. The van der Waals surface area contributed by atoms with E-state index < -0.39 is 0 Å². The summed E-state index contributed by atoms with van der Waals surface area (Å²) in [6.45, 7) is 1.70. The predicted molar refractivity (Wildman–Crippen MR) is 92.7 cm³/mol. The molecule has 2 heterocycles. The number of aryl methyl sites for hydroxylation is 1. The standard InChI is InChI=1S/C16H10Cl2FN5/c1-8-2-3-9(4-12(8)19)21-15-16-23-20-7-24(16)14-6-11(18)10(17)5-13(14)22-15/h2-7H,1H3,(H,21,22). The van der Waals surface area contributed by atoms with Crippen molar-refractivity contribution in [1.82, 2.24) is 19.6 Å². The number of benzene rings is 2. The van der Waals surface area contributed by atoms with Gasteiger partial charge in [0.05, 0.1) is 21.1 Å². The molecule has 0 radical (unpaired) electrons. The van der Waals surface area contributed by atoms with Crippen LogP contribution in [0.2, 0.25) is 10.0 Å². The summed E-state index contributed by atoms with van der Waals surface area (Å²) >= 11 is 12.2. The quantitative estimate of drug-likeness (QED) is 0.558. The monoisotopic (exact) mass is 361 g/mol. The lowest BCUT2D eigenvalue weighted by atomic mass is 10.2. The van der Waals surface area contributed by atoms with Gasteiger partial charge in [-0.3, -0.25) is 4.40 Å². The first-order chi connectivity index (χ1) is 11.5. The summed E-state index contributed by atoms with van der Waals surface area (Å²) in [5, 5.41) is 11.9. The van der Waals surface area contributed by atoms with E-state index in [0.29, 0.717) is 38.3 Å². The van der Waals surface area contributed by atoms with E-state index in [0.717, 1.165) is 5.52 Å². The molecule has 5 nitrogen and oxygen atoms in total. The van der Waals surface area contributed by atoms with Gasteiger partial charge in [0.25, 0.3) is 0 Å². The molecule has 1 N–H and O–H groups in total. The summed E-state index contributed by atoms with van der Waals surface area (Å²) in [5.41, 5.74) is 2.98. The molecule has 0 unspecified atom stereocenters. The van der Waals surface area contributed by atoms with Crippen LogP contribution >= 0.6 is 23.2 Å². The molecule has 4 rings (SSSR count). The Hall–Kier alpha value is -2.44. The molecule has 120 valence electrons. The molecule has 2 aromatic heterocycles. The van der Waals surface area contributed by atoms with Crippen LogP contribution in [0.25, 0.3) is 16.7 Å². The van der Waals surface area contributed by atoms with Crippen molar-refractivity contribution in [3.05, 3.63) is 58.1 Å². The second-order valence-electron chi connectivity index (χ2n) is 5.33. The van der Waals surface area contributed by atoms with E-state index in [9.17, 15) is 4.39 Å². The van der Waals surface area contributed by atoms with Gasteiger partial charge in [-0.15, -0.1) is 10.2 Å². The van der Waals surface area contributed by atoms with Crippen molar-refractivity contribution < 1.29 is 4.39 Å². The highest BCUT2D eigenvalue weighted by molar-refractivity contribution is 6.42. The van der Waals surface area contributed by atoms with Gasteiger partial charge < -0.3 is 5.32 Å². The van der Waals surface area contributed by atoms with Crippen LogP contribution in [-0.4, -0.2) is 19.6 Å². The normalized spacial score (nSPS) is 11.3. The minimum absolute atomic E-state index is 0.298. The molecule has 0 amide bonds. The third kappa shape index (κ3) is 2.44. The topological polar surface area (TPSA) is 55.1 Å². The van der Waals surface area contributed by atoms with Gasteiger partial charge >= 0.3 is 0 Å². The van der Waals surface area contributed by atoms with Gasteiger partial charge in [-0.1, -0.05) is 29.3 Å². The van der Waals surface area contributed by atoms with Crippen LogP contribution in [0.3, 0.4) is 0 Å². The van der Waals surface area contributed by atoms with E-state index in [4.69, 9.17) is 23.2 Å². The van der Waals surface area contributed by atoms with E-state index in [-0.39, 0.29) is 5.82 Å². The molecule has 8 heteroatoms. The molecule has 2 aromatic carbocycles. The summed E-state index contributed by atoms with van der Waals surface area (Å²) in [7, 11) is 0. The Morgan fingerprint density at radius 3 is 2.71 bits per heavy atom. The minimum atomic E-state index is -0.298. The number of nitrogens with zero attached hydrogens (tertiary/aromatic N) is 4.